The van der Waals surface area contributed by atoms with Gasteiger partial charge in [0.1, 0.15) is 5.75 Å². The summed E-state index contributed by atoms with van der Waals surface area (Å²) >= 11 is 0. The number of benzene rings is 1. The summed E-state index contributed by atoms with van der Waals surface area (Å²) in [5, 5.41) is 9.03. The molecule has 0 bridgehead atoms. The van der Waals surface area contributed by atoms with E-state index in [1.807, 2.05) is 12.1 Å². The molecule has 2 heterocycles. The number of nitrogens with zero attached hydrogens (tertiary/aromatic N) is 2. The van der Waals surface area contributed by atoms with Gasteiger partial charge in [-0.3, -0.25) is 4.90 Å². The molecule has 0 aliphatic carbocycles. The lowest BCUT2D eigenvalue weighted by Crippen LogP contribution is -2.44. The van der Waals surface area contributed by atoms with Crippen LogP contribution in [0.2, 0.25) is 0 Å². The molecule has 21 heavy (non-hydrogen) atoms. The third-order valence-electron chi connectivity index (χ3n) is 4.23. The van der Waals surface area contributed by atoms with Crippen LogP contribution >= 0.6 is 0 Å². The number of hydrogen-bond acceptors (Lipinski definition) is 5. The van der Waals surface area contributed by atoms with Gasteiger partial charge in [-0.1, -0.05) is 0 Å². The van der Waals surface area contributed by atoms with Crippen LogP contribution in [0.15, 0.2) is 18.2 Å². The third-order valence-corrected chi connectivity index (χ3v) is 4.23. The Morgan fingerprint density at radius 2 is 2.00 bits per heavy atom. The maximum atomic E-state index is 9.03. The maximum Gasteiger partial charge on any atom is 0.170 e. The SMILES string of the molecule is COc1ccc(C#N)cc1CN1CCC2(CC1)OCCO2. The standard InChI is InChI=1S/C16H20N2O3/c1-19-15-3-2-13(11-17)10-14(15)12-18-6-4-16(5-7-18)20-8-9-21-16/h2-3,10H,4-9,12H2,1H3. The summed E-state index contributed by atoms with van der Waals surface area (Å²) in [6.07, 6.45) is 1.79. The highest BCUT2D eigenvalue weighted by Gasteiger charge is 2.39. The molecule has 0 unspecified atom stereocenters. The number of likely N-dealkylation sites (tertiary alicyclic amines) is 1. The van der Waals surface area contributed by atoms with Gasteiger partial charge in [-0.2, -0.15) is 5.26 Å². The molecule has 112 valence electrons. The monoisotopic (exact) mass is 288 g/mol. The summed E-state index contributed by atoms with van der Waals surface area (Å²) in [6, 6.07) is 7.74. The van der Waals surface area contributed by atoms with Crippen molar-refractivity contribution in [3.8, 4) is 11.8 Å². The molecule has 2 saturated heterocycles. The summed E-state index contributed by atoms with van der Waals surface area (Å²) in [5.74, 6) is 0.498. The molecule has 3 rings (SSSR count). The fourth-order valence-electron chi connectivity index (χ4n) is 3.05. The Hall–Kier alpha value is -1.61. The van der Waals surface area contributed by atoms with Gasteiger partial charge in [0.25, 0.3) is 0 Å². The van der Waals surface area contributed by atoms with Gasteiger partial charge in [-0.15, -0.1) is 0 Å². The summed E-state index contributed by atoms with van der Waals surface area (Å²) in [6.45, 7) is 4.06. The van der Waals surface area contributed by atoms with Gasteiger partial charge in [-0.25, -0.2) is 0 Å². The zero-order valence-corrected chi connectivity index (χ0v) is 12.3. The highest BCUT2D eigenvalue weighted by molar-refractivity contribution is 5.42. The van der Waals surface area contributed by atoms with Crippen LogP contribution in [0.25, 0.3) is 0 Å². The van der Waals surface area contributed by atoms with E-state index < -0.39 is 0 Å². The Kier molecular flexibility index (Phi) is 4.11. The van der Waals surface area contributed by atoms with Crippen molar-refractivity contribution in [2.75, 3.05) is 33.4 Å². The average Bonchev–Trinajstić information content (AvgIpc) is 2.98. The highest BCUT2D eigenvalue weighted by Crippen LogP contribution is 2.32. The van der Waals surface area contributed by atoms with E-state index in [-0.39, 0.29) is 5.79 Å². The van der Waals surface area contributed by atoms with E-state index >= 15 is 0 Å². The lowest BCUT2D eigenvalue weighted by atomic mass is 10.0. The van der Waals surface area contributed by atoms with Gasteiger partial charge in [0.2, 0.25) is 0 Å². The molecule has 2 aliphatic rings. The van der Waals surface area contributed by atoms with Gasteiger partial charge in [-0.05, 0) is 18.2 Å². The first-order chi connectivity index (χ1) is 10.2. The average molecular weight is 288 g/mol. The van der Waals surface area contributed by atoms with E-state index in [0.717, 1.165) is 43.8 Å². The van der Waals surface area contributed by atoms with Crippen LogP contribution in [0, 0.1) is 11.3 Å². The molecule has 0 amide bonds. The van der Waals surface area contributed by atoms with E-state index in [9.17, 15) is 0 Å². The second kappa shape index (κ2) is 6.02. The molecule has 2 aliphatic heterocycles. The number of methoxy groups -OCH3 is 1. The van der Waals surface area contributed by atoms with E-state index in [0.29, 0.717) is 18.8 Å². The van der Waals surface area contributed by atoms with Crippen LogP contribution < -0.4 is 4.74 Å². The van der Waals surface area contributed by atoms with Crippen LogP contribution in [0.3, 0.4) is 0 Å². The Morgan fingerprint density at radius 3 is 2.62 bits per heavy atom. The van der Waals surface area contributed by atoms with E-state index in [1.165, 1.54) is 0 Å². The predicted octanol–water partition coefficient (Wildman–Crippen LogP) is 1.91. The first-order valence-electron chi connectivity index (χ1n) is 7.32. The predicted molar refractivity (Wildman–Crippen MR) is 76.9 cm³/mol. The number of ether oxygens (including phenoxy) is 3. The third kappa shape index (κ3) is 3.03. The van der Waals surface area contributed by atoms with Crippen molar-refractivity contribution < 1.29 is 14.2 Å². The lowest BCUT2D eigenvalue weighted by Gasteiger charge is -2.37. The summed E-state index contributed by atoms with van der Waals surface area (Å²) < 4.78 is 16.9. The van der Waals surface area contributed by atoms with Crippen LogP contribution in [0.4, 0.5) is 0 Å². The highest BCUT2D eigenvalue weighted by atomic mass is 16.7. The zero-order chi connectivity index (χ0) is 14.7. The normalized spacial score (nSPS) is 21.3. The van der Waals surface area contributed by atoms with Crippen LogP contribution in [-0.2, 0) is 16.0 Å². The minimum Gasteiger partial charge on any atom is -0.496 e. The van der Waals surface area contributed by atoms with Gasteiger partial charge >= 0.3 is 0 Å². The molecule has 0 atom stereocenters. The largest absolute Gasteiger partial charge is 0.496 e. The van der Waals surface area contributed by atoms with Crippen LogP contribution in [0.1, 0.15) is 24.0 Å². The number of piperidine rings is 1. The summed E-state index contributed by atoms with van der Waals surface area (Å²) in [7, 11) is 1.66. The first kappa shape index (κ1) is 14.3. The fraction of sp³-hybridized carbons (Fsp3) is 0.562. The maximum absolute atomic E-state index is 9.03. The molecule has 0 aromatic heterocycles. The molecule has 1 spiro atoms. The fourth-order valence-corrected chi connectivity index (χ4v) is 3.05. The van der Waals surface area contributed by atoms with E-state index in [4.69, 9.17) is 19.5 Å². The summed E-state index contributed by atoms with van der Waals surface area (Å²) in [5.41, 5.74) is 1.72. The Morgan fingerprint density at radius 1 is 1.29 bits per heavy atom. The molecule has 1 aromatic carbocycles. The molecule has 2 fully saturated rings. The van der Waals surface area contributed by atoms with Crippen LogP contribution in [-0.4, -0.2) is 44.1 Å². The molecule has 0 saturated carbocycles. The molecule has 0 radical (unpaired) electrons. The molecular weight excluding hydrogens is 268 g/mol. The molecular formula is C16H20N2O3. The Bertz CT molecular complexity index is 537. The van der Waals surface area contributed by atoms with Crippen molar-refractivity contribution >= 4 is 0 Å². The number of rotatable bonds is 3. The molecule has 0 N–H and O–H groups in total. The number of hydrogen-bond donors (Lipinski definition) is 0. The zero-order valence-electron chi connectivity index (χ0n) is 12.3. The van der Waals surface area contributed by atoms with E-state index in [2.05, 4.69) is 11.0 Å². The van der Waals surface area contributed by atoms with Crippen molar-refractivity contribution in [3.05, 3.63) is 29.3 Å². The second-order valence-corrected chi connectivity index (χ2v) is 5.52. The smallest absolute Gasteiger partial charge is 0.170 e. The topological polar surface area (TPSA) is 54.7 Å². The van der Waals surface area contributed by atoms with Crippen molar-refractivity contribution in [1.82, 2.24) is 4.90 Å². The van der Waals surface area contributed by atoms with Gasteiger partial charge in [0.15, 0.2) is 5.79 Å². The lowest BCUT2D eigenvalue weighted by molar-refractivity contribution is -0.185. The van der Waals surface area contributed by atoms with Crippen molar-refractivity contribution in [3.63, 3.8) is 0 Å². The first-order valence-corrected chi connectivity index (χ1v) is 7.32. The Labute approximate surface area is 125 Å². The van der Waals surface area contributed by atoms with Crippen molar-refractivity contribution in [1.29, 1.82) is 5.26 Å². The minimum atomic E-state index is -0.338. The molecule has 5 heteroatoms. The Balaban J connectivity index is 1.66. The molecule has 5 nitrogen and oxygen atoms in total. The number of nitriles is 1. The van der Waals surface area contributed by atoms with Gasteiger partial charge in [0, 0.05) is 38.0 Å². The van der Waals surface area contributed by atoms with E-state index in [1.54, 1.807) is 13.2 Å². The summed E-state index contributed by atoms with van der Waals surface area (Å²) in [4.78, 5) is 2.36. The molecule has 1 aromatic rings. The van der Waals surface area contributed by atoms with Gasteiger partial charge in [0.05, 0.1) is 32.0 Å². The van der Waals surface area contributed by atoms with Crippen LogP contribution in [0.5, 0.6) is 5.75 Å². The second-order valence-electron chi connectivity index (χ2n) is 5.52. The van der Waals surface area contributed by atoms with Gasteiger partial charge < -0.3 is 14.2 Å². The van der Waals surface area contributed by atoms with Crippen molar-refractivity contribution in [2.24, 2.45) is 0 Å². The van der Waals surface area contributed by atoms with Crippen molar-refractivity contribution in [2.45, 2.75) is 25.2 Å². The minimum absolute atomic E-state index is 0.338. The quantitative estimate of drug-likeness (QED) is 0.850.